The van der Waals surface area contributed by atoms with E-state index in [0.29, 0.717) is 4.47 Å². The van der Waals surface area contributed by atoms with Crippen molar-refractivity contribution < 1.29 is 9.13 Å². The summed E-state index contributed by atoms with van der Waals surface area (Å²) in [4.78, 5) is 0. The Labute approximate surface area is 116 Å². The summed E-state index contributed by atoms with van der Waals surface area (Å²) in [6.07, 6.45) is 2.11. The summed E-state index contributed by atoms with van der Waals surface area (Å²) in [5, 5.41) is 3.41. The Morgan fingerprint density at radius 1 is 1.56 bits per heavy atom. The molecule has 1 N–H and O–H groups in total. The molecule has 2 unspecified atom stereocenters. The fourth-order valence-corrected chi connectivity index (χ4v) is 2.87. The number of halogens is 2. The monoisotopic (exact) mass is 315 g/mol. The first kappa shape index (κ1) is 14.0. The number of ether oxygens (including phenoxy) is 1. The molecule has 1 aromatic carbocycles. The van der Waals surface area contributed by atoms with Crippen molar-refractivity contribution in [1.29, 1.82) is 0 Å². The Balaban J connectivity index is 2.15. The average Bonchev–Trinajstić information content (AvgIpc) is 2.32. The third kappa shape index (κ3) is 3.11. The molecule has 2 rings (SSSR count). The molecule has 2 atom stereocenters. The fraction of sp³-hybridized carbons (Fsp3) is 0.571. The molecule has 100 valence electrons. The van der Waals surface area contributed by atoms with Crippen LogP contribution in [0, 0.1) is 5.82 Å². The molecule has 4 heteroatoms. The zero-order chi connectivity index (χ0) is 13.2. The molecule has 1 fully saturated rings. The van der Waals surface area contributed by atoms with Crippen molar-refractivity contribution in [3.8, 4) is 0 Å². The van der Waals surface area contributed by atoms with E-state index in [1.165, 1.54) is 6.07 Å². The first-order valence-corrected chi connectivity index (χ1v) is 7.17. The molecule has 0 aliphatic carbocycles. The van der Waals surface area contributed by atoms with Gasteiger partial charge in [0, 0.05) is 13.1 Å². The molecule has 2 nitrogen and oxygen atoms in total. The van der Waals surface area contributed by atoms with Crippen molar-refractivity contribution in [1.82, 2.24) is 5.32 Å². The normalized spacial score (nSPS) is 28.3. The van der Waals surface area contributed by atoms with E-state index in [0.717, 1.165) is 31.5 Å². The van der Waals surface area contributed by atoms with E-state index in [9.17, 15) is 4.39 Å². The first-order chi connectivity index (χ1) is 8.54. The molecule has 0 amide bonds. The van der Waals surface area contributed by atoms with Crippen molar-refractivity contribution in [2.24, 2.45) is 0 Å². The Morgan fingerprint density at radius 2 is 2.33 bits per heavy atom. The molecular formula is C14H19BrFNO. The number of benzene rings is 1. The summed E-state index contributed by atoms with van der Waals surface area (Å²) in [5.74, 6) is -0.237. The van der Waals surface area contributed by atoms with Gasteiger partial charge in [-0.2, -0.15) is 0 Å². The van der Waals surface area contributed by atoms with Gasteiger partial charge in [0.25, 0.3) is 0 Å². The lowest BCUT2D eigenvalue weighted by atomic mass is 9.96. The van der Waals surface area contributed by atoms with Crippen LogP contribution < -0.4 is 5.32 Å². The van der Waals surface area contributed by atoms with Gasteiger partial charge in [-0.25, -0.2) is 4.39 Å². The molecule has 1 aromatic rings. The second kappa shape index (κ2) is 5.68. The largest absolute Gasteiger partial charge is 0.365 e. The minimum Gasteiger partial charge on any atom is -0.365 e. The Kier molecular flexibility index (Phi) is 4.41. The van der Waals surface area contributed by atoms with Crippen LogP contribution >= 0.6 is 15.9 Å². The molecular weight excluding hydrogens is 297 g/mol. The highest BCUT2D eigenvalue weighted by Gasteiger charge is 2.32. The molecule has 1 aliphatic rings. The standard InChI is InChI=1S/C14H19BrFNO/c1-3-6-14(2)9-17-8-13(18-14)10-4-5-12(16)11(15)7-10/h4-5,7,13,17H,3,6,8-9H2,1-2H3. The van der Waals surface area contributed by atoms with E-state index in [-0.39, 0.29) is 17.5 Å². The second-order valence-electron chi connectivity index (χ2n) is 5.11. The van der Waals surface area contributed by atoms with Gasteiger partial charge in [0.15, 0.2) is 0 Å². The van der Waals surface area contributed by atoms with Crippen LogP contribution in [0.3, 0.4) is 0 Å². The molecule has 1 saturated heterocycles. The molecule has 1 aliphatic heterocycles. The highest BCUT2D eigenvalue weighted by molar-refractivity contribution is 9.10. The average molecular weight is 316 g/mol. The molecule has 0 saturated carbocycles. The van der Waals surface area contributed by atoms with Crippen LogP contribution in [-0.4, -0.2) is 18.7 Å². The highest BCUT2D eigenvalue weighted by atomic mass is 79.9. The fourth-order valence-electron chi connectivity index (χ4n) is 2.47. The van der Waals surface area contributed by atoms with E-state index < -0.39 is 0 Å². The third-order valence-corrected chi connectivity index (χ3v) is 3.96. The smallest absolute Gasteiger partial charge is 0.137 e. The number of rotatable bonds is 3. The van der Waals surface area contributed by atoms with Crippen molar-refractivity contribution >= 4 is 15.9 Å². The molecule has 0 spiro atoms. The number of hydrogen-bond donors (Lipinski definition) is 1. The van der Waals surface area contributed by atoms with E-state index in [4.69, 9.17) is 4.74 Å². The highest BCUT2D eigenvalue weighted by Crippen LogP contribution is 2.31. The van der Waals surface area contributed by atoms with Gasteiger partial charge in [-0.05, 0) is 47.0 Å². The lowest BCUT2D eigenvalue weighted by Gasteiger charge is -2.39. The van der Waals surface area contributed by atoms with Gasteiger partial charge in [0.2, 0.25) is 0 Å². The Morgan fingerprint density at radius 3 is 3.00 bits per heavy atom. The summed E-state index contributed by atoms with van der Waals surface area (Å²) < 4.78 is 19.9. The molecule has 18 heavy (non-hydrogen) atoms. The predicted molar refractivity (Wildman–Crippen MR) is 74.1 cm³/mol. The maximum Gasteiger partial charge on any atom is 0.137 e. The zero-order valence-electron chi connectivity index (χ0n) is 10.8. The quantitative estimate of drug-likeness (QED) is 0.916. The maximum absolute atomic E-state index is 13.2. The van der Waals surface area contributed by atoms with Crippen molar-refractivity contribution in [3.63, 3.8) is 0 Å². The van der Waals surface area contributed by atoms with Crippen molar-refractivity contribution in [2.45, 2.75) is 38.4 Å². The van der Waals surface area contributed by atoms with Gasteiger partial charge in [-0.15, -0.1) is 0 Å². The van der Waals surface area contributed by atoms with Crippen molar-refractivity contribution in [3.05, 3.63) is 34.1 Å². The van der Waals surface area contributed by atoms with Crippen LogP contribution in [0.1, 0.15) is 38.4 Å². The predicted octanol–water partition coefficient (Wildman–Crippen LogP) is 3.81. The van der Waals surface area contributed by atoms with Gasteiger partial charge < -0.3 is 10.1 Å². The lowest BCUT2D eigenvalue weighted by Crippen LogP contribution is -2.48. The van der Waals surface area contributed by atoms with Gasteiger partial charge in [-0.3, -0.25) is 0 Å². The topological polar surface area (TPSA) is 21.3 Å². The van der Waals surface area contributed by atoms with Crippen molar-refractivity contribution in [2.75, 3.05) is 13.1 Å². The molecule has 0 aromatic heterocycles. The zero-order valence-corrected chi connectivity index (χ0v) is 12.4. The summed E-state index contributed by atoms with van der Waals surface area (Å²) in [6.45, 7) is 5.94. The van der Waals surface area contributed by atoms with Gasteiger partial charge in [-0.1, -0.05) is 19.4 Å². The maximum atomic E-state index is 13.2. The van der Waals surface area contributed by atoms with Crippen LogP contribution in [0.5, 0.6) is 0 Å². The van der Waals surface area contributed by atoms with Gasteiger partial charge in [0.1, 0.15) is 5.82 Å². The van der Waals surface area contributed by atoms with Crippen LogP contribution in [0.25, 0.3) is 0 Å². The Hall–Kier alpha value is -0.450. The molecule has 0 radical (unpaired) electrons. The number of hydrogen-bond acceptors (Lipinski definition) is 2. The third-order valence-electron chi connectivity index (χ3n) is 3.35. The van der Waals surface area contributed by atoms with E-state index in [1.807, 2.05) is 0 Å². The summed E-state index contributed by atoms with van der Waals surface area (Å²) in [5.41, 5.74) is 0.885. The summed E-state index contributed by atoms with van der Waals surface area (Å²) in [6, 6.07) is 5.08. The Bertz CT molecular complexity index is 422. The van der Waals surface area contributed by atoms with Crippen LogP contribution in [0.15, 0.2) is 22.7 Å². The van der Waals surface area contributed by atoms with Crippen LogP contribution in [0.2, 0.25) is 0 Å². The lowest BCUT2D eigenvalue weighted by molar-refractivity contribution is -0.112. The van der Waals surface area contributed by atoms with Crippen LogP contribution in [0.4, 0.5) is 4.39 Å². The van der Waals surface area contributed by atoms with E-state index >= 15 is 0 Å². The summed E-state index contributed by atoms with van der Waals surface area (Å²) >= 11 is 3.22. The molecule has 0 bridgehead atoms. The molecule has 1 heterocycles. The van der Waals surface area contributed by atoms with Gasteiger partial charge >= 0.3 is 0 Å². The minimum absolute atomic E-state index is 0.00722. The minimum atomic E-state index is -0.237. The number of nitrogens with one attached hydrogen (secondary N) is 1. The second-order valence-corrected chi connectivity index (χ2v) is 5.97. The van der Waals surface area contributed by atoms with E-state index in [2.05, 4.69) is 35.1 Å². The summed E-state index contributed by atoms with van der Waals surface area (Å²) in [7, 11) is 0. The van der Waals surface area contributed by atoms with Crippen LogP contribution in [-0.2, 0) is 4.74 Å². The van der Waals surface area contributed by atoms with E-state index in [1.54, 1.807) is 12.1 Å². The SMILES string of the molecule is CCCC1(C)CNCC(c2ccc(F)c(Br)c2)O1. The first-order valence-electron chi connectivity index (χ1n) is 6.37. The number of morpholine rings is 1. The van der Waals surface area contributed by atoms with Gasteiger partial charge in [0.05, 0.1) is 16.2 Å².